The summed E-state index contributed by atoms with van der Waals surface area (Å²) in [6.07, 6.45) is -1.35. The molecule has 10 heteroatoms. The highest BCUT2D eigenvalue weighted by atomic mass is 35.5. The number of hydrogen-bond acceptors (Lipinski definition) is 4. The lowest BCUT2D eigenvalue weighted by molar-refractivity contribution is -0.138. The summed E-state index contributed by atoms with van der Waals surface area (Å²) in [5, 5.41) is 2.54. The van der Waals surface area contributed by atoms with Crippen molar-refractivity contribution in [2.75, 3.05) is 38.5 Å². The van der Waals surface area contributed by atoms with Gasteiger partial charge in [-0.15, -0.1) is 0 Å². The predicted octanol–water partition coefficient (Wildman–Crippen LogP) is 4.80. The first kappa shape index (κ1) is 26.7. The van der Waals surface area contributed by atoms with E-state index >= 15 is 0 Å². The highest BCUT2D eigenvalue weighted by Gasteiger charge is 2.35. The maximum absolute atomic E-state index is 14.0. The topological polar surface area (TPSA) is 53.4 Å². The Kier molecular flexibility index (Phi) is 7.93. The molecule has 0 bridgehead atoms. The molecule has 0 atom stereocenters. The molecule has 2 heterocycles. The molecule has 2 aromatic carbocycles. The molecule has 1 amide bonds. The summed E-state index contributed by atoms with van der Waals surface area (Å²) in [6, 6.07) is 7.29. The van der Waals surface area contributed by atoms with Crippen LogP contribution in [0, 0.1) is 18.8 Å². The number of aryl methyl sites for hydroxylation is 2. The summed E-state index contributed by atoms with van der Waals surface area (Å²) in [6.45, 7) is 4.82. The van der Waals surface area contributed by atoms with Gasteiger partial charge in [-0.05, 0) is 55.3 Å². The van der Waals surface area contributed by atoms with E-state index in [9.17, 15) is 18.0 Å². The van der Waals surface area contributed by atoms with E-state index in [2.05, 4.69) is 27.0 Å². The number of anilines is 1. The zero-order valence-electron chi connectivity index (χ0n) is 20.8. The van der Waals surface area contributed by atoms with Crippen LogP contribution >= 0.6 is 11.6 Å². The molecule has 0 aliphatic carbocycles. The molecule has 1 saturated heterocycles. The van der Waals surface area contributed by atoms with Crippen molar-refractivity contribution in [1.82, 2.24) is 19.4 Å². The average Bonchev–Trinajstić information content (AvgIpc) is 3.25. The Morgan fingerprint density at radius 3 is 2.49 bits per heavy atom. The van der Waals surface area contributed by atoms with Gasteiger partial charge in [-0.1, -0.05) is 23.6 Å². The zero-order chi connectivity index (χ0) is 26.7. The number of halogens is 4. The monoisotopic (exact) mass is 529 g/mol. The minimum atomic E-state index is -4.62. The number of rotatable bonds is 4. The van der Waals surface area contributed by atoms with Gasteiger partial charge in [0.2, 0.25) is 0 Å². The smallest absolute Gasteiger partial charge is 0.327 e. The molecule has 0 unspecified atom stereocenters. The van der Waals surface area contributed by atoms with Gasteiger partial charge >= 0.3 is 6.18 Å². The number of nitrogens with zero attached hydrogens (tertiary/aromatic N) is 4. The Morgan fingerprint density at radius 1 is 1.11 bits per heavy atom. The summed E-state index contributed by atoms with van der Waals surface area (Å²) in [4.78, 5) is 21.1. The number of aromatic nitrogens is 2. The lowest BCUT2D eigenvalue weighted by atomic mass is 10.0. The van der Waals surface area contributed by atoms with Crippen LogP contribution in [-0.2, 0) is 19.8 Å². The third-order valence-corrected chi connectivity index (χ3v) is 6.72. The highest BCUT2D eigenvalue weighted by molar-refractivity contribution is 6.32. The fourth-order valence-corrected chi connectivity index (χ4v) is 4.34. The van der Waals surface area contributed by atoms with Crippen molar-refractivity contribution in [3.8, 4) is 11.8 Å². The number of hydrogen-bond donors (Lipinski definition) is 1. The van der Waals surface area contributed by atoms with Crippen LogP contribution in [0.25, 0.3) is 0 Å². The number of benzene rings is 2. The molecule has 0 spiro atoms. The first-order chi connectivity index (χ1) is 17.5. The average molecular weight is 530 g/mol. The lowest BCUT2D eigenvalue weighted by Crippen LogP contribution is -2.44. The number of carbonyl (C=O) groups is 1. The van der Waals surface area contributed by atoms with Gasteiger partial charge in [0.05, 0.1) is 18.1 Å². The largest absolute Gasteiger partial charge is 0.416 e. The highest BCUT2D eigenvalue weighted by Crippen LogP contribution is 2.38. The molecule has 0 saturated carbocycles. The van der Waals surface area contributed by atoms with Crippen molar-refractivity contribution in [1.29, 1.82) is 0 Å². The lowest BCUT2D eigenvalue weighted by Gasteiger charge is -2.33. The van der Waals surface area contributed by atoms with Crippen molar-refractivity contribution in [2.24, 2.45) is 7.05 Å². The zero-order valence-corrected chi connectivity index (χ0v) is 21.5. The van der Waals surface area contributed by atoms with E-state index < -0.39 is 17.6 Å². The van der Waals surface area contributed by atoms with Crippen molar-refractivity contribution < 1.29 is 18.0 Å². The molecule has 1 N–H and O–H groups in total. The van der Waals surface area contributed by atoms with Gasteiger partial charge in [0.1, 0.15) is 5.69 Å². The second-order valence-electron chi connectivity index (χ2n) is 9.18. The Bertz CT molecular complexity index is 1360. The Hall–Kier alpha value is -3.32. The number of alkyl halides is 3. The summed E-state index contributed by atoms with van der Waals surface area (Å²) < 4.78 is 43.7. The Labute approximate surface area is 219 Å². The van der Waals surface area contributed by atoms with Crippen LogP contribution in [0.2, 0.25) is 5.02 Å². The van der Waals surface area contributed by atoms with Crippen molar-refractivity contribution in [2.45, 2.75) is 19.6 Å². The molecule has 1 fully saturated rings. The fraction of sp³-hybridized carbons (Fsp3) is 0.333. The van der Waals surface area contributed by atoms with Crippen LogP contribution in [0.4, 0.5) is 18.9 Å². The van der Waals surface area contributed by atoms with E-state index in [1.165, 1.54) is 6.07 Å². The Morgan fingerprint density at radius 2 is 1.84 bits per heavy atom. The van der Waals surface area contributed by atoms with Gasteiger partial charge in [-0.3, -0.25) is 9.69 Å². The Balaban J connectivity index is 1.57. The molecule has 4 rings (SSSR count). The van der Waals surface area contributed by atoms with Crippen LogP contribution in [0.15, 0.2) is 42.9 Å². The van der Waals surface area contributed by atoms with Crippen molar-refractivity contribution >= 4 is 23.2 Å². The fourth-order valence-electron chi connectivity index (χ4n) is 4.06. The first-order valence-corrected chi connectivity index (χ1v) is 12.1. The van der Waals surface area contributed by atoms with Crippen LogP contribution in [0.5, 0.6) is 0 Å². The SMILES string of the molecule is Cc1ccc(C(=O)Nc2cc(Cl)c(CN3CCN(C)CC3)c(C(F)(F)F)c2)cc1C#Cc1cncn1C. The molecule has 6 nitrogen and oxygen atoms in total. The van der Waals surface area contributed by atoms with Crippen LogP contribution in [-0.4, -0.2) is 58.5 Å². The third kappa shape index (κ3) is 6.52. The van der Waals surface area contributed by atoms with E-state index in [0.717, 1.165) is 24.7 Å². The number of amides is 1. The summed E-state index contributed by atoms with van der Waals surface area (Å²) in [5.74, 6) is 5.49. The van der Waals surface area contributed by atoms with E-state index in [-0.39, 0.29) is 28.4 Å². The summed E-state index contributed by atoms with van der Waals surface area (Å²) >= 11 is 6.35. The first-order valence-electron chi connectivity index (χ1n) is 11.7. The van der Waals surface area contributed by atoms with Crippen LogP contribution < -0.4 is 5.32 Å². The normalized spacial score (nSPS) is 14.8. The molecule has 0 radical (unpaired) electrons. The summed E-state index contributed by atoms with van der Waals surface area (Å²) in [5.41, 5.74) is 1.62. The number of nitrogens with one attached hydrogen (secondary N) is 1. The third-order valence-electron chi connectivity index (χ3n) is 6.38. The van der Waals surface area contributed by atoms with Gasteiger partial charge in [0, 0.05) is 61.6 Å². The quantitative estimate of drug-likeness (QED) is 0.493. The molecular formula is C27H27ClF3N5O. The standard InChI is InChI=1S/C27H27ClF3N5O/c1-18-4-5-20(12-19(18)6-7-22-15-32-17-35(22)3)26(37)33-21-13-24(27(29,30)31)23(25(28)14-21)16-36-10-8-34(2)9-11-36/h4-5,12-15,17H,8-11,16H2,1-3H3,(H,33,37). The molecule has 3 aromatic rings. The van der Waals surface area contributed by atoms with Gasteiger partial charge in [-0.2, -0.15) is 13.2 Å². The molecular weight excluding hydrogens is 503 g/mol. The molecule has 37 heavy (non-hydrogen) atoms. The van der Waals surface area contributed by atoms with E-state index in [1.54, 1.807) is 35.3 Å². The molecule has 1 aromatic heterocycles. The maximum atomic E-state index is 14.0. The minimum absolute atomic E-state index is 0.0137. The molecule has 1 aliphatic heterocycles. The molecule has 194 valence electrons. The maximum Gasteiger partial charge on any atom is 0.416 e. The van der Waals surface area contributed by atoms with E-state index in [1.807, 2.05) is 25.9 Å². The second kappa shape index (κ2) is 11.0. The van der Waals surface area contributed by atoms with Gasteiger partial charge in [0.15, 0.2) is 0 Å². The van der Waals surface area contributed by atoms with Crippen LogP contribution in [0.3, 0.4) is 0 Å². The minimum Gasteiger partial charge on any atom is -0.327 e. The molecule has 1 aliphatic rings. The van der Waals surface area contributed by atoms with Crippen molar-refractivity contribution in [3.63, 3.8) is 0 Å². The number of likely N-dealkylation sites (N-methyl/N-ethyl adjacent to an activating group) is 1. The number of imidazole rings is 1. The van der Waals surface area contributed by atoms with Crippen molar-refractivity contribution in [3.05, 3.63) is 81.4 Å². The van der Waals surface area contributed by atoms with E-state index in [0.29, 0.717) is 24.3 Å². The predicted molar refractivity (Wildman–Crippen MR) is 138 cm³/mol. The summed E-state index contributed by atoms with van der Waals surface area (Å²) in [7, 11) is 3.80. The number of carbonyl (C=O) groups excluding carboxylic acids is 1. The van der Waals surface area contributed by atoms with Gasteiger partial charge in [-0.25, -0.2) is 4.98 Å². The van der Waals surface area contributed by atoms with E-state index in [4.69, 9.17) is 11.6 Å². The second-order valence-corrected chi connectivity index (χ2v) is 9.59. The van der Waals surface area contributed by atoms with Gasteiger partial charge < -0.3 is 14.8 Å². The van der Waals surface area contributed by atoms with Gasteiger partial charge in [0.25, 0.3) is 5.91 Å². The number of piperazine rings is 1. The van der Waals surface area contributed by atoms with Crippen LogP contribution in [0.1, 0.15) is 38.3 Å².